The highest BCUT2D eigenvalue weighted by Crippen LogP contribution is 2.26. The first kappa shape index (κ1) is 11.2. The molecule has 0 saturated heterocycles. The zero-order valence-corrected chi connectivity index (χ0v) is 7.78. The fourth-order valence-corrected chi connectivity index (χ4v) is 1.70. The Bertz CT molecular complexity index is 78.1. The summed E-state index contributed by atoms with van der Waals surface area (Å²) in [6, 6.07) is 0. The third-order valence-corrected chi connectivity index (χ3v) is 2.63. The number of nitrogens with two attached hydrogens (primary N) is 2. The van der Waals surface area contributed by atoms with Crippen LogP contribution in [0.2, 0.25) is 0 Å². The minimum atomic E-state index is 0. The Morgan fingerprint density at radius 3 is 1.27 bits per heavy atom. The summed E-state index contributed by atoms with van der Waals surface area (Å²) in [4.78, 5) is 0. The molecule has 0 aromatic carbocycles. The van der Waals surface area contributed by atoms with E-state index in [9.17, 15) is 0 Å². The minimum Gasteiger partial charge on any atom is -0.330 e. The Balaban J connectivity index is 0.000001000. The van der Waals surface area contributed by atoms with Gasteiger partial charge < -0.3 is 11.5 Å². The summed E-state index contributed by atoms with van der Waals surface area (Å²) < 4.78 is 0. The van der Waals surface area contributed by atoms with Crippen molar-refractivity contribution in [1.82, 2.24) is 0 Å². The van der Waals surface area contributed by atoms with E-state index in [2.05, 4.69) is 0 Å². The largest absolute Gasteiger partial charge is 0.330 e. The summed E-state index contributed by atoms with van der Waals surface area (Å²) in [5, 5.41) is 0. The Kier molecular flexibility index (Phi) is 5.92. The highest BCUT2D eigenvalue weighted by Gasteiger charge is 2.18. The maximum atomic E-state index is 5.56. The van der Waals surface area contributed by atoms with Crippen LogP contribution in [-0.2, 0) is 0 Å². The van der Waals surface area contributed by atoms with Crippen molar-refractivity contribution < 1.29 is 0 Å². The van der Waals surface area contributed by atoms with E-state index in [1.165, 1.54) is 25.7 Å². The molecule has 0 bridgehead atoms. The molecule has 0 amide bonds. The maximum Gasteiger partial charge on any atom is -0.00489 e. The Morgan fingerprint density at radius 1 is 0.818 bits per heavy atom. The van der Waals surface area contributed by atoms with E-state index in [1.807, 2.05) is 0 Å². The molecule has 4 N–H and O–H groups in total. The number of rotatable bonds is 2. The predicted octanol–water partition coefficient (Wildman–Crippen LogP) is 1.13. The third-order valence-electron chi connectivity index (χ3n) is 2.63. The molecule has 0 radical (unpaired) electrons. The van der Waals surface area contributed by atoms with Crippen molar-refractivity contribution >= 4 is 12.4 Å². The summed E-state index contributed by atoms with van der Waals surface area (Å²) in [7, 11) is 0. The number of halogens is 1. The van der Waals surface area contributed by atoms with E-state index < -0.39 is 0 Å². The molecular weight excluding hydrogens is 160 g/mol. The summed E-state index contributed by atoms with van der Waals surface area (Å²) in [6.45, 7) is 1.74. The molecule has 2 nitrogen and oxygen atoms in total. The maximum absolute atomic E-state index is 5.56. The SMILES string of the molecule is Cl.NCC1CCC(CN)CC1. The first-order chi connectivity index (χ1) is 4.86. The van der Waals surface area contributed by atoms with Gasteiger partial charge in [-0.15, -0.1) is 12.4 Å². The average molecular weight is 179 g/mol. The van der Waals surface area contributed by atoms with Crippen molar-refractivity contribution in [2.45, 2.75) is 25.7 Å². The highest BCUT2D eigenvalue weighted by atomic mass is 35.5. The van der Waals surface area contributed by atoms with Gasteiger partial charge in [0, 0.05) is 0 Å². The second-order valence-electron chi connectivity index (χ2n) is 3.36. The molecule has 1 aliphatic rings. The van der Waals surface area contributed by atoms with Crippen molar-refractivity contribution in [3.8, 4) is 0 Å². The van der Waals surface area contributed by atoms with Gasteiger partial charge >= 0.3 is 0 Å². The minimum absolute atomic E-state index is 0. The summed E-state index contributed by atoms with van der Waals surface area (Å²) in [5.41, 5.74) is 11.1. The molecule has 3 heteroatoms. The van der Waals surface area contributed by atoms with Crippen molar-refractivity contribution in [3.63, 3.8) is 0 Å². The van der Waals surface area contributed by atoms with Crippen LogP contribution >= 0.6 is 12.4 Å². The van der Waals surface area contributed by atoms with Crippen LogP contribution in [0.3, 0.4) is 0 Å². The summed E-state index contributed by atoms with van der Waals surface area (Å²) in [5.74, 6) is 1.59. The van der Waals surface area contributed by atoms with Crippen molar-refractivity contribution in [3.05, 3.63) is 0 Å². The normalized spacial score (nSPS) is 31.1. The van der Waals surface area contributed by atoms with Gasteiger partial charge in [0.25, 0.3) is 0 Å². The van der Waals surface area contributed by atoms with E-state index in [0.717, 1.165) is 24.9 Å². The van der Waals surface area contributed by atoms with Crippen LogP contribution in [0, 0.1) is 11.8 Å². The molecule has 0 aromatic rings. The Labute approximate surface area is 75.1 Å². The van der Waals surface area contributed by atoms with E-state index in [-0.39, 0.29) is 12.4 Å². The first-order valence-corrected chi connectivity index (χ1v) is 4.27. The van der Waals surface area contributed by atoms with Crippen LogP contribution in [0.15, 0.2) is 0 Å². The van der Waals surface area contributed by atoms with Gasteiger partial charge in [-0.3, -0.25) is 0 Å². The summed E-state index contributed by atoms with van der Waals surface area (Å²) >= 11 is 0. The van der Waals surface area contributed by atoms with Gasteiger partial charge in [0.2, 0.25) is 0 Å². The van der Waals surface area contributed by atoms with Crippen molar-refractivity contribution in [1.29, 1.82) is 0 Å². The molecule has 0 aliphatic heterocycles. The van der Waals surface area contributed by atoms with Gasteiger partial charge in [0.15, 0.2) is 0 Å². The average Bonchev–Trinajstić information content (AvgIpc) is 2.05. The standard InChI is InChI=1S/C8H18N2.ClH/c9-5-7-1-2-8(6-10)4-3-7;/h7-8H,1-6,9-10H2;1H. The van der Waals surface area contributed by atoms with E-state index in [4.69, 9.17) is 11.5 Å². The number of hydrogen-bond acceptors (Lipinski definition) is 2. The van der Waals surface area contributed by atoms with Gasteiger partial charge in [-0.25, -0.2) is 0 Å². The molecule has 1 fully saturated rings. The molecular formula is C8H19ClN2. The molecule has 1 aliphatic carbocycles. The second-order valence-corrected chi connectivity index (χ2v) is 3.36. The lowest BCUT2D eigenvalue weighted by Crippen LogP contribution is -2.25. The van der Waals surface area contributed by atoms with Crippen LogP contribution in [-0.4, -0.2) is 13.1 Å². The zero-order chi connectivity index (χ0) is 7.40. The lowest BCUT2D eigenvalue weighted by atomic mass is 9.82. The van der Waals surface area contributed by atoms with Gasteiger partial charge in [-0.2, -0.15) is 0 Å². The van der Waals surface area contributed by atoms with Crippen LogP contribution < -0.4 is 11.5 Å². The van der Waals surface area contributed by atoms with Crippen molar-refractivity contribution in [2.24, 2.45) is 23.3 Å². The topological polar surface area (TPSA) is 52.0 Å². The van der Waals surface area contributed by atoms with Gasteiger partial charge in [0.1, 0.15) is 0 Å². The first-order valence-electron chi connectivity index (χ1n) is 4.27. The Hall–Kier alpha value is 0.210. The summed E-state index contributed by atoms with van der Waals surface area (Å²) in [6.07, 6.45) is 5.22. The van der Waals surface area contributed by atoms with Crippen LogP contribution in [0.4, 0.5) is 0 Å². The smallest absolute Gasteiger partial charge is 0.00489 e. The van der Waals surface area contributed by atoms with Crippen LogP contribution in [0.5, 0.6) is 0 Å². The molecule has 0 heterocycles. The van der Waals surface area contributed by atoms with E-state index in [0.29, 0.717) is 0 Å². The highest BCUT2D eigenvalue weighted by molar-refractivity contribution is 5.85. The second kappa shape index (κ2) is 5.81. The molecule has 0 aromatic heterocycles. The lowest BCUT2D eigenvalue weighted by Gasteiger charge is -2.26. The van der Waals surface area contributed by atoms with E-state index >= 15 is 0 Å². The molecule has 11 heavy (non-hydrogen) atoms. The monoisotopic (exact) mass is 178 g/mol. The zero-order valence-electron chi connectivity index (χ0n) is 6.96. The van der Waals surface area contributed by atoms with Crippen molar-refractivity contribution in [2.75, 3.05) is 13.1 Å². The van der Waals surface area contributed by atoms with Gasteiger partial charge in [0.05, 0.1) is 0 Å². The molecule has 68 valence electrons. The van der Waals surface area contributed by atoms with Gasteiger partial charge in [-0.1, -0.05) is 0 Å². The third kappa shape index (κ3) is 3.41. The lowest BCUT2D eigenvalue weighted by molar-refractivity contribution is 0.285. The molecule has 0 unspecified atom stereocenters. The molecule has 1 saturated carbocycles. The van der Waals surface area contributed by atoms with Crippen LogP contribution in [0.25, 0.3) is 0 Å². The fourth-order valence-electron chi connectivity index (χ4n) is 1.70. The van der Waals surface area contributed by atoms with E-state index in [1.54, 1.807) is 0 Å². The molecule has 0 atom stereocenters. The predicted molar refractivity (Wildman–Crippen MR) is 50.8 cm³/mol. The number of hydrogen-bond donors (Lipinski definition) is 2. The quantitative estimate of drug-likeness (QED) is 0.666. The fraction of sp³-hybridized carbons (Fsp3) is 1.00. The van der Waals surface area contributed by atoms with Gasteiger partial charge in [-0.05, 0) is 50.6 Å². The molecule has 1 rings (SSSR count). The van der Waals surface area contributed by atoms with Crippen LogP contribution in [0.1, 0.15) is 25.7 Å². The Morgan fingerprint density at radius 2 is 1.09 bits per heavy atom. The molecule has 0 spiro atoms.